The minimum absolute atomic E-state index is 0.128. The molecule has 0 aliphatic carbocycles. The highest BCUT2D eigenvalue weighted by atomic mass is 16.6. The molecule has 27 heavy (non-hydrogen) atoms. The van der Waals surface area contributed by atoms with Crippen LogP contribution in [0.3, 0.4) is 0 Å². The van der Waals surface area contributed by atoms with Crippen LogP contribution in [0.15, 0.2) is 91.0 Å². The zero-order valence-corrected chi connectivity index (χ0v) is 14.4. The Balaban J connectivity index is 1.77. The van der Waals surface area contributed by atoms with E-state index in [0.717, 1.165) is 16.3 Å². The van der Waals surface area contributed by atoms with Gasteiger partial charge >= 0.3 is 0 Å². The van der Waals surface area contributed by atoms with Crippen LogP contribution in [0.1, 0.15) is 0 Å². The van der Waals surface area contributed by atoms with Gasteiger partial charge in [-0.15, -0.1) is 0 Å². The van der Waals surface area contributed by atoms with E-state index in [2.05, 4.69) is 48.5 Å². The smallest absolute Gasteiger partial charge is 0.258 e. The molecule has 0 aliphatic rings. The van der Waals surface area contributed by atoms with Crippen molar-refractivity contribution < 1.29 is 4.92 Å². The normalized spacial score (nSPS) is 11.3. The van der Waals surface area contributed by atoms with Crippen molar-refractivity contribution in [1.29, 1.82) is 0 Å². The van der Waals surface area contributed by atoms with Gasteiger partial charge in [-0.1, -0.05) is 72.8 Å². The number of nitrogens with zero attached hydrogens (tertiary/aromatic N) is 1. The van der Waals surface area contributed by atoms with Crippen LogP contribution in [-0.4, -0.2) is 4.92 Å². The molecule has 0 atom stereocenters. The molecule has 0 amide bonds. The monoisotopic (exact) mass is 349 g/mol. The fourth-order valence-corrected chi connectivity index (χ4v) is 3.87. The number of hydrogen-bond acceptors (Lipinski definition) is 2. The Bertz CT molecular complexity index is 1360. The highest BCUT2D eigenvalue weighted by molar-refractivity contribution is 6.17. The number of hydrogen-bond donors (Lipinski definition) is 0. The Kier molecular flexibility index (Phi) is 3.41. The summed E-state index contributed by atoms with van der Waals surface area (Å²) in [4.78, 5) is 11.0. The van der Waals surface area contributed by atoms with E-state index in [1.54, 1.807) is 18.2 Å². The zero-order chi connectivity index (χ0) is 18.4. The third kappa shape index (κ3) is 2.44. The third-order valence-corrected chi connectivity index (χ3v) is 5.15. The largest absolute Gasteiger partial charge is 0.277 e. The molecule has 0 aliphatic heterocycles. The van der Waals surface area contributed by atoms with Crippen LogP contribution in [0, 0.1) is 10.1 Å². The van der Waals surface area contributed by atoms with Gasteiger partial charge in [0.1, 0.15) is 0 Å². The molecule has 0 fully saturated rings. The van der Waals surface area contributed by atoms with Crippen LogP contribution in [0.5, 0.6) is 0 Å². The average Bonchev–Trinajstić information content (AvgIpc) is 2.72. The molecule has 0 N–H and O–H groups in total. The van der Waals surface area contributed by atoms with E-state index in [0.29, 0.717) is 5.56 Å². The molecular weight excluding hydrogens is 334 g/mol. The summed E-state index contributed by atoms with van der Waals surface area (Å²) in [5.41, 5.74) is 1.63. The Morgan fingerprint density at radius 1 is 0.593 bits per heavy atom. The lowest BCUT2D eigenvalue weighted by atomic mass is 9.94. The second-order valence-electron chi connectivity index (χ2n) is 6.66. The second kappa shape index (κ2) is 5.92. The maximum absolute atomic E-state index is 11.4. The molecule has 0 aromatic heterocycles. The minimum Gasteiger partial charge on any atom is -0.258 e. The van der Waals surface area contributed by atoms with Crippen molar-refractivity contribution in [2.75, 3.05) is 0 Å². The topological polar surface area (TPSA) is 43.1 Å². The lowest BCUT2D eigenvalue weighted by Gasteiger charge is -2.09. The molecule has 3 heteroatoms. The van der Waals surface area contributed by atoms with E-state index in [-0.39, 0.29) is 10.6 Å². The first-order valence-electron chi connectivity index (χ1n) is 8.80. The summed E-state index contributed by atoms with van der Waals surface area (Å²) in [7, 11) is 0. The van der Waals surface area contributed by atoms with Gasteiger partial charge in [0.15, 0.2) is 0 Å². The zero-order valence-electron chi connectivity index (χ0n) is 14.4. The number of fused-ring (bicyclic) bond motifs is 5. The fraction of sp³-hybridized carbons (Fsp3) is 0. The van der Waals surface area contributed by atoms with Gasteiger partial charge in [-0.3, -0.25) is 10.1 Å². The summed E-state index contributed by atoms with van der Waals surface area (Å²) in [6.45, 7) is 0. The summed E-state index contributed by atoms with van der Waals surface area (Å²) in [5, 5.41) is 18.5. The summed E-state index contributed by atoms with van der Waals surface area (Å²) < 4.78 is 0. The summed E-state index contributed by atoms with van der Waals surface area (Å²) >= 11 is 0. The van der Waals surface area contributed by atoms with Gasteiger partial charge < -0.3 is 0 Å². The molecule has 0 bridgehead atoms. The maximum Gasteiger partial charge on any atom is 0.277 e. The maximum atomic E-state index is 11.4. The molecule has 5 aromatic rings. The van der Waals surface area contributed by atoms with Crippen LogP contribution >= 0.6 is 0 Å². The Morgan fingerprint density at radius 3 is 2.04 bits per heavy atom. The molecule has 0 heterocycles. The SMILES string of the molecule is O=[N+]([O-])c1ccccc1-c1ccc2c(ccc3c4ccccc4ccc23)c1. The predicted octanol–water partition coefficient (Wildman–Crippen LogP) is 6.72. The molecule has 0 saturated heterocycles. The molecule has 0 saturated carbocycles. The van der Waals surface area contributed by atoms with Crippen LogP contribution in [-0.2, 0) is 0 Å². The van der Waals surface area contributed by atoms with Gasteiger partial charge in [-0.05, 0) is 50.0 Å². The quantitative estimate of drug-likeness (QED) is 0.202. The molecule has 3 nitrogen and oxygen atoms in total. The highest BCUT2D eigenvalue weighted by Crippen LogP contribution is 2.35. The van der Waals surface area contributed by atoms with Crippen LogP contribution in [0.2, 0.25) is 0 Å². The summed E-state index contributed by atoms with van der Waals surface area (Å²) in [6, 6.07) is 29.9. The van der Waals surface area contributed by atoms with Gasteiger partial charge in [0.05, 0.1) is 10.5 Å². The molecule has 0 spiro atoms. The van der Waals surface area contributed by atoms with Crippen LogP contribution in [0.25, 0.3) is 43.4 Å². The Labute approximate surface area is 155 Å². The van der Waals surface area contributed by atoms with Gasteiger partial charge in [0.25, 0.3) is 5.69 Å². The Morgan fingerprint density at radius 2 is 1.22 bits per heavy atom. The first kappa shape index (κ1) is 15.5. The number of nitro groups is 1. The van der Waals surface area contributed by atoms with E-state index < -0.39 is 0 Å². The van der Waals surface area contributed by atoms with Crippen molar-refractivity contribution in [3.8, 4) is 11.1 Å². The van der Waals surface area contributed by atoms with Gasteiger partial charge in [-0.2, -0.15) is 0 Å². The van der Waals surface area contributed by atoms with Crippen molar-refractivity contribution in [2.45, 2.75) is 0 Å². The van der Waals surface area contributed by atoms with Crippen molar-refractivity contribution in [3.05, 3.63) is 101 Å². The predicted molar refractivity (Wildman–Crippen MR) is 111 cm³/mol. The molecule has 128 valence electrons. The summed E-state index contributed by atoms with van der Waals surface area (Å²) in [5.74, 6) is 0. The van der Waals surface area contributed by atoms with E-state index in [9.17, 15) is 10.1 Å². The lowest BCUT2D eigenvalue weighted by Crippen LogP contribution is -1.91. The van der Waals surface area contributed by atoms with E-state index in [4.69, 9.17) is 0 Å². The van der Waals surface area contributed by atoms with Crippen molar-refractivity contribution in [2.24, 2.45) is 0 Å². The number of benzene rings is 5. The van der Waals surface area contributed by atoms with Gasteiger partial charge in [-0.25, -0.2) is 0 Å². The molecule has 5 rings (SSSR count). The number of para-hydroxylation sites is 1. The first-order valence-corrected chi connectivity index (χ1v) is 8.80. The first-order chi connectivity index (χ1) is 13.2. The molecule has 5 aromatic carbocycles. The van der Waals surface area contributed by atoms with Crippen molar-refractivity contribution >= 4 is 38.0 Å². The second-order valence-corrected chi connectivity index (χ2v) is 6.66. The Hall–Kier alpha value is -3.72. The van der Waals surface area contributed by atoms with Crippen molar-refractivity contribution in [3.63, 3.8) is 0 Å². The average molecular weight is 349 g/mol. The van der Waals surface area contributed by atoms with E-state index >= 15 is 0 Å². The van der Waals surface area contributed by atoms with Gasteiger partial charge in [0.2, 0.25) is 0 Å². The molecule has 0 unspecified atom stereocenters. The van der Waals surface area contributed by atoms with E-state index in [1.165, 1.54) is 21.5 Å². The molecule has 0 radical (unpaired) electrons. The van der Waals surface area contributed by atoms with Gasteiger partial charge in [0, 0.05) is 6.07 Å². The van der Waals surface area contributed by atoms with Crippen molar-refractivity contribution in [1.82, 2.24) is 0 Å². The highest BCUT2D eigenvalue weighted by Gasteiger charge is 2.14. The lowest BCUT2D eigenvalue weighted by molar-refractivity contribution is -0.384. The van der Waals surface area contributed by atoms with Crippen LogP contribution < -0.4 is 0 Å². The number of rotatable bonds is 2. The number of nitro benzene ring substituents is 1. The third-order valence-electron chi connectivity index (χ3n) is 5.15. The minimum atomic E-state index is -0.327. The summed E-state index contributed by atoms with van der Waals surface area (Å²) in [6.07, 6.45) is 0. The standard InChI is InChI=1S/C24H15NO2/c26-25(27)24-8-4-3-7-21(24)18-10-12-20-17(15-18)11-14-22-19-6-2-1-5-16(19)9-13-23(20)22/h1-15H. The van der Waals surface area contributed by atoms with Crippen LogP contribution in [0.4, 0.5) is 5.69 Å². The molecular formula is C24H15NO2. The van der Waals surface area contributed by atoms with E-state index in [1.807, 2.05) is 24.3 Å². The fourth-order valence-electron chi connectivity index (χ4n) is 3.87.